The Morgan fingerprint density at radius 2 is 1.93 bits per heavy atom. The van der Waals surface area contributed by atoms with Gasteiger partial charge in [-0.15, -0.1) is 0 Å². The van der Waals surface area contributed by atoms with Crippen molar-refractivity contribution in [1.29, 1.82) is 0 Å². The van der Waals surface area contributed by atoms with Crippen LogP contribution in [0.1, 0.15) is 30.0 Å². The average molecular weight is 199 g/mol. The lowest BCUT2D eigenvalue weighted by molar-refractivity contribution is 0.163. The number of hydrogen-bond acceptors (Lipinski definition) is 1. The Bertz CT molecular complexity index is 394. The van der Waals surface area contributed by atoms with Crippen molar-refractivity contribution in [2.75, 3.05) is 13.1 Å². The van der Waals surface area contributed by atoms with Crippen LogP contribution in [0.5, 0.6) is 0 Å². The summed E-state index contributed by atoms with van der Waals surface area (Å²) >= 11 is 0. The topological polar surface area (TPSA) is 3.24 Å². The second kappa shape index (κ2) is 3.49. The quantitative estimate of drug-likeness (QED) is 0.581. The van der Waals surface area contributed by atoms with Gasteiger partial charge in [-0.05, 0) is 30.4 Å². The molecule has 1 aromatic rings. The summed E-state index contributed by atoms with van der Waals surface area (Å²) in [6.07, 6.45) is 3.58. The highest BCUT2D eigenvalue weighted by molar-refractivity contribution is 5.34. The fourth-order valence-corrected chi connectivity index (χ4v) is 2.89. The van der Waals surface area contributed by atoms with E-state index < -0.39 is 0 Å². The molecule has 3 rings (SSSR count). The maximum Gasteiger partial charge on any atom is 0.0388 e. The van der Waals surface area contributed by atoms with E-state index in [0.29, 0.717) is 6.04 Å². The van der Waals surface area contributed by atoms with Crippen LogP contribution in [0.3, 0.4) is 0 Å². The Labute approximate surface area is 91.4 Å². The highest BCUT2D eigenvalue weighted by Gasteiger charge is 2.29. The number of fused-ring (bicyclic) bond motifs is 3. The lowest BCUT2D eigenvalue weighted by Crippen LogP contribution is -2.39. The third-order valence-corrected chi connectivity index (χ3v) is 3.76. The molecule has 78 valence electrons. The molecule has 0 saturated carbocycles. The molecule has 2 heterocycles. The van der Waals surface area contributed by atoms with Crippen LogP contribution < -0.4 is 0 Å². The molecular formula is C14H17N. The third-order valence-electron chi connectivity index (χ3n) is 3.76. The zero-order valence-electron chi connectivity index (χ0n) is 9.08. The molecule has 0 aromatic heterocycles. The number of hydrogen-bond donors (Lipinski definition) is 0. The summed E-state index contributed by atoms with van der Waals surface area (Å²) in [5.74, 6) is 0. The molecule has 1 aromatic carbocycles. The molecule has 0 aliphatic carbocycles. The minimum absolute atomic E-state index is 0.621. The maximum atomic E-state index is 4.15. The molecule has 1 unspecified atom stereocenters. The molecule has 0 bridgehead atoms. The van der Waals surface area contributed by atoms with Crippen LogP contribution in [0.2, 0.25) is 0 Å². The van der Waals surface area contributed by atoms with Crippen LogP contribution >= 0.6 is 0 Å². The van der Waals surface area contributed by atoms with Gasteiger partial charge in [0.05, 0.1) is 0 Å². The first-order valence-electron chi connectivity index (χ1n) is 5.83. The highest BCUT2D eigenvalue weighted by Crippen LogP contribution is 2.37. The molecule has 0 amide bonds. The molecule has 2 aliphatic heterocycles. The average Bonchev–Trinajstić information content (AvgIpc) is 2.29. The van der Waals surface area contributed by atoms with Gasteiger partial charge in [0, 0.05) is 19.1 Å². The molecule has 2 aliphatic rings. The SMILES string of the molecule is C=C1CCN2CCc3ccccc3C2C1. The molecule has 1 fully saturated rings. The second-order valence-corrected chi connectivity index (χ2v) is 4.70. The number of piperidine rings is 1. The molecule has 0 radical (unpaired) electrons. The van der Waals surface area contributed by atoms with Gasteiger partial charge in [-0.25, -0.2) is 0 Å². The third kappa shape index (κ3) is 1.51. The van der Waals surface area contributed by atoms with E-state index in [4.69, 9.17) is 0 Å². The van der Waals surface area contributed by atoms with Crippen molar-refractivity contribution in [3.63, 3.8) is 0 Å². The first kappa shape index (κ1) is 9.17. The molecular weight excluding hydrogens is 182 g/mol. The standard InChI is InChI=1S/C14H17N/c1-11-6-8-15-9-7-12-4-2-3-5-13(12)14(15)10-11/h2-5,14H,1,6-10H2. The van der Waals surface area contributed by atoms with Crippen LogP contribution in [-0.2, 0) is 6.42 Å². The van der Waals surface area contributed by atoms with Gasteiger partial charge in [-0.1, -0.05) is 36.4 Å². The summed E-state index contributed by atoms with van der Waals surface area (Å²) in [7, 11) is 0. The molecule has 1 heteroatoms. The lowest BCUT2D eigenvalue weighted by Gasteiger charge is -2.41. The molecule has 0 spiro atoms. The Hall–Kier alpha value is -1.08. The van der Waals surface area contributed by atoms with Gasteiger partial charge >= 0.3 is 0 Å². The normalized spacial score (nSPS) is 25.9. The monoisotopic (exact) mass is 199 g/mol. The van der Waals surface area contributed by atoms with Crippen molar-refractivity contribution < 1.29 is 0 Å². The van der Waals surface area contributed by atoms with Crippen molar-refractivity contribution in [3.05, 3.63) is 47.5 Å². The van der Waals surface area contributed by atoms with Crippen LogP contribution in [0, 0.1) is 0 Å². The van der Waals surface area contributed by atoms with Gasteiger partial charge in [0.2, 0.25) is 0 Å². The van der Waals surface area contributed by atoms with Crippen molar-refractivity contribution >= 4 is 0 Å². The van der Waals surface area contributed by atoms with Crippen molar-refractivity contribution in [1.82, 2.24) is 4.90 Å². The van der Waals surface area contributed by atoms with E-state index in [0.717, 1.165) is 6.42 Å². The minimum atomic E-state index is 0.621. The summed E-state index contributed by atoms with van der Waals surface area (Å²) in [6, 6.07) is 9.52. The maximum absolute atomic E-state index is 4.15. The Morgan fingerprint density at radius 1 is 1.13 bits per heavy atom. The van der Waals surface area contributed by atoms with Gasteiger partial charge in [0.15, 0.2) is 0 Å². The summed E-state index contributed by atoms with van der Waals surface area (Å²) < 4.78 is 0. The molecule has 1 atom stereocenters. The Balaban J connectivity index is 2.00. The van der Waals surface area contributed by atoms with Crippen LogP contribution in [0.25, 0.3) is 0 Å². The van der Waals surface area contributed by atoms with E-state index in [1.54, 1.807) is 11.1 Å². The molecule has 0 N–H and O–H groups in total. The Kier molecular flexibility index (Phi) is 2.14. The van der Waals surface area contributed by atoms with Gasteiger partial charge in [0.1, 0.15) is 0 Å². The van der Waals surface area contributed by atoms with E-state index in [2.05, 4.69) is 35.7 Å². The van der Waals surface area contributed by atoms with Crippen LogP contribution in [-0.4, -0.2) is 18.0 Å². The smallest absolute Gasteiger partial charge is 0.0388 e. The van der Waals surface area contributed by atoms with Crippen molar-refractivity contribution in [3.8, 4) is 0 Å². The second-order valence-electron chi connectivity index (χ2n) is 4.70. The van der Waals surface area contributed by atoms with Gasteiger partial charge < -0.3 is 0 Å². The fraction of sp³-hybridized carbons (Fsp3) is 0.429. The Morgan fingerprint density at radius 3 is 2.87 bits per heavy atom. The van der Waals surface area contributed by atoms with Gasteiger partial charge in [-0.2, -0.15) is 0 Å². The first-order chi connectivity index (χ1) is 7.34. The van der Waals surface area contributed by atoms with Gasteiger partial charge in [-0.3, -0.25) is 4.90 Å². The molecule has 1 saturated heterocycles. The highest BCUT2D eigenvalue weighted by atomic mass is 15.2. The predicted octanol–water partition coefficient (Wildman–Crippen LogP) is 2.94. The van der Waals surface area contributed by atoms with E-state index in [9.17, 15) is 0 Å². The number of nitrogens with zero attached hydrogens (tertiary/aromatic N) is 1. The van der Waals surface area contributed by atoms with Crippen LogP contribution in [0.4, 0.5) is 0 Å². The van der Waals surface area contributed by atoms with Crippen molar-refractivity contribution in [2.24, 2.45) is 0 Å². The van der Waals surface area contributed by atoms with E-state index in [1.165, 1.54) is 31.5 Å². The largest absolute Gasteiger partial charge is 0.295 e. The summed E-state index contributed by atoms with van der Waals surface area (Å²) in [4.78, 5) is 2.62. The van der Waals surface area contributed by atoms with E-state index >= 15 is 0 Å². The fourth-order valence-electron chi connectivity index (χ4n) is 2.89. The summed E-state index contributed by atoms with van der Waals surface area (Å²) in [6.45, 7) is 6.59. The first-order valence-corrected chi connectivity index (χ1v) is 5.83. The zero-order chi connectivity index (χ0) is 10.3. The molecule has 15 heavy (non-hydrogen) atoms. The molecule has 1 nitrogen and oxygen atoms in total. The van der Waals surface area contributed by atoms with E-state index in [-0.39, 0.29) is 0 Å². The van der Waals surface area contributed by atoms with Crippen LogP contribution in [0.15, 0.2) is 36.4 Å². The van der Waals surface area contributed by atoms with Gasteiger partial charge in [0.25, 0.3) is 0 Å². The predicted molar refractivity (Wildman–Crippen MR) is 62.8 cm³/mol. The summed E-state index contributed by atoms with van der Waals surface area (Å²) in [5, 5.41) is 0. The zero-order valence-corrected chi connectivity index (χ0v) is 9.08. The minimum Gasteiger partial charge on any atom is -0.295 e. The van der Waals surface area contributed by atoms with E-state index in [1.807, 2.05) is 0 Å². The number of benzene rings is 1. The lowest BCUT2D eigenvalue weighted by atomic mass is 9.85. The van der Waals surface area contributed by atoms with Crippen molar-refractivity contribution in [2.45, 2.75) is 25.3 Å². The number of rotatable bonds is 0. The summed E-state index contributed by atoms with van der Waals surface area (Å²) in [5.41, 5.74) is 4.52.